The maximum atomic E-state index is 11.6. The monoisotopic (exact) mass is 621 g/mol. The van der Waals surface area contributed by atoms with E-state index in [9.17, 15) is 4.91 Å². The highest BCUT2D eigenvalue weighted by Gasteiger charge is 2.35. The first kappa shape index (κ1) is 30.1. The van der Waals surface area contributed by atoms with Gasteiger partial charge in [0.2, 0.25) is 5.75 Å². The third-order valence-electron chi connectivity index (χ3n) is 9.78. The molecule has 9 nitrogen and oxygen atoms in total. The van der Waals surface area contributed by atoms with E-state index in [2.05, 4.69) is 66.5 Å². The number of nitrogens with zero attached hydrogens (tertiary/aromatic N) is 3. The predicted molar refractivity (Wildman–Crippen MR) is 176 cm³/mol. The van der Waals surface area contributed by atoms with E-state index in [1.165, 1.54) is 16.7 Å². The highest BCUT2D eigenvalue weighted by atomic mass is 16.7. The second-order valence-electron chi connectivity index (χ2n) is 12.5. The highest BCUT2D eigenvalue weighted by Crippen LogP contribution is 2.51. The molecule has 0 aromatic heterocycles. The van der Waals surface area contributed by atoms with Gasteiger partial charge < -0.3 is 23.8 Å². The molecule has 8 rings (SSSR count). The normalized spacial score (nSPS) is 19.2. The molecule has 2 atom stereocenters. The van der Waals surface area contributed by atoms with Gasteiger partial charge in [-0.2, -0.15) is 0 Å². The molecule has 0 saturated heterocycles. The topological polar surface area (TPSA) is 82.1 Å². The number of aryl methyl sites for hydroxylation is 1. The molecule has 4 heterocycles. The fraction of sp³-hybridized carbons (Fsp3) is 0.351. The number of hydrogen-bond donors (Lipinski definition) is 0. The quantitative estimate of drug-likeness (QED) is 0.171. The van der Waals surface area contributed by atoms with Crippen LogP contribution in [0.4, 0.5) is 0 Å². The minimum Gasteiger partial charge on any atom is -0.493 e. The van der Waals surface area contributed by atoms with Crippen molar-refractivity contribution in [2.75, 3.05) is 41.4 Å². The van der Waals surface area contributed by atoms with Crippen LogP contribution in [0.25, 0.3) is 0 Å². The number of benzene rings is 4. The van der Waals surface area contributed by atoms with Crippen molar-refractivity contribution < 1.29 is 23.8 Å². The molecule has 0 saturated carbocycles. The van der Waals surface area contributed by atoms with E-state index in [1.54, 1.807) is 14.2 Å². The standard InChI is InChI=1S/C37H39N3O6/c1-22-16-25-12-14-39(2)29-17-23-6-9-27(10-7-23)44-33-19-24(8-11-31(33)42-4)18-30-35-26(13-15-40(30)3)20-34(43-5)36(46-38-41)37(35)45-32(22)21-28(25)29/h6-11,16,19-21,29-30H,12-15,17-18H2,1-5H3/t29-,30-/m0/s1. The van der Waals surface area contributed by atoms with Gasteiger partial charge in [0.25, 0.3) is 0 Å². The van der Waals surface area contributed by atoms with Crippen LogP contribution in [0.2, 0.25) is 0 Å². The molecule has 0 fully saturated rings. The van der Waals surface area contributed by atoms with Crippen molar-refractivity contribution in [3.63, 3.8) is 0 Å². The van der Waals surface area contributed by atoms with Gasteiger partial charge in [-0.15, -0.1) is 4.91 Å². The summed E-state index contributed by atoms with van der Waals surface area (Å²) in [6.07, 6.45) is 3.22. The van der Waals surface area contributed by atoms with Crippen LogP contribution in [0, 0.1) is 11.8 Å². The van der Waals surface area contributed by atoms with Crippen LogP contribution in [0.15, 0.2) is 66.0 Å². The SMILES string of the molecule is COc1ccc2cc1Oc1ccc(cc1)C[C@H]1c3cc(c(C)cc3CCN1C)Oc1c(ON=O)c(OC)cc3c1[C@H](C2)N(C)CC3. The van der Waals surface area contributed by atoms with E-state index in [0.717, 1.165) is 60.4 Å². The Balaban J connectivity index is 1.46. The van der Waals surface area contributed by atoms with Gasteiger partial charge in [-0.3, -0.25) is 9.80 Å². The van der Waals surface area contributed by atoms with Crippen molar-refractivity contribution in [3.05, 3.63) is 105 Å². The summed E-state index contributed by atoms with van der Waals surface area (Å²) in [7, 11) is 7.51. The first-order valence-corrected chi connectivity index (χ1v) is 15.8. The van der Waals surface area contributed by atoms with Crippen molar-refractivity contribution in [2.45, 2.75) is 44.7 Å². The Bertz CT molecular complexity index is 1790. The van der Waals surface area contributed by atoms with E-state index >= 15 is 0 Å². The molecule has 4 aliphatic heterocycles. The van der Waals surface area contributed by atoms with Gasteiger partial charge in [0.05, 0.1) is 14.2 Å². The van der Waals surface area contributed by atoms with Crippen LogP contribution in [-0.2, 0) is 25.7 Å². The van der Waals surface area contributed by atoms with E-state index in [1.807, 2.05) is 30.3 Å². The molecule has 9 heteroatoms. The lowest BCUT2D eigenvalue weighted by molar-refractivity contribution is 0.219. The smallest absolute Gasteiger partial charge is 0.245 e. The highest BCUT2D eigenvalue weighted by molar-refractivity contribution is 5.63. The van der Waals surface area contributed by atoms with Crippen LogP contribution in [0.3, 0.4) is 0 Å². The summed E-state index contributed by atoms with van der Waals surface area (Å²) in [5.74, 6) is 3.82. The molecule has 0 amide bonds. The summed E-state index contributed by atoms with van der Waals surface area (Å²) in [6.45, 7) is 3.88. The molecule has 4 aromatic carbocycles. The zero-order valence-corrected chi connectivity index (χ0v) is 27.0. The second kappa shape index (κ2) is 12.3. The zero-order valence-electron chi connectivity index (χ0n) is 27.0. The summed E-state index contributed by atoms with van der Waals surface area (Å²) in [4.78, 5) is 21.8. The molecule has 46 heavy (non-hydrogen) atoms. The fourth-order valence-electron chi connectivity index (χ4n) is 7.22. The Morgan fingerprint density at radius 1 is 0.761 bits per heavy atom. The number of likely N-dealkylation sites (N-methyl/N-ethyl adjacent to an activating group) is 2. The Morgan fingerprint density at radius 3 is 2.20 bits per heavy atom. The molecule has 4 aromatic rings. The average Bonchev–Trinajstić information content (AvgIpc) is 3.05. The number of fused-ring (bicyclic) bond motifs is 2. The van der Waals surface area contributed by atoms with Crippen LogP contribution >= 0.6 is 0 Å². The molecule has 0 N–H and O–H groups in total. The number of hydrogen-bond acceptors (Lipinski definition) is 9. The van der Waals surface area contributed by atoms with Gasteiger partial charge in [-0.1, -0.05) is 24.3 Å². The molecular weight excluding hydrogens is 582 g/mol. The Labute approximate surface area is 269 Å². The number of methoxy groups -OCH3 is 2. The first-order valence-electron chi connectivity index (χ1n) is 15.8. The van der Waals surface area contributed by atoms with E-state index < -0.39 is 0 Å². The van der Waals surface area contributed by atoms with Gasteiger partial charge in [0, 0.05) is 30.7 Å². The molecule has 0 aliphatic carbocycles. The first-order chi connectivity index (χ1) is 22.4. The summed E-state index contributed by atoms with van der Waals surface area (Å²) in [5.41, 5.74) is 7.88. The maximum Gasteiger partial charge on any atom is 0.245 e. The van der Waals surface area contributed by atoms with Gasteiger partial charge in [0.15, 0.2) is 28.3 Å². The molecule has 6 bridgehead atoms. The van der Waals surface area contributed by atoms with Gasteiger partial charge in [-0.05, 0) is 116 Å². The predicted octanol–water partition coefficient (Wildman–Crippen LogP) is 7.51. The largest absolute Gasteiger partial charge is 0.493 e. The third kappa shape index (κ3) is 5.43. The fourth-order valence-corrected chi connectivity index (χ4v) is 7.22. The van der Waals surface area contributed by atoms with Crippen molar-refractivity contribution in [1.82, 2.24) is 9.80 Å². The van der Waals surface area contributed by atoms with Crippen LogP contribution in [0.5, 0.6) is 40.2 Å². The summed E-state index contributed by atoms with van der Waals surface area (Å²) in [6, 6.07) is 20.8. The summed E-state index contributed by atoms with van der Waals surface area (Å²) < 4.78 is 24.8. The van der Waals surface area contributed by atoms with Crippen LogP contribution < -0.4 is 23.8 Å². The van der Waals surface area contributed by atoms with E-state index in [0.29, 0.717) is 35.2 Å². The second-order valence-corrected chi connectivity index (χ2v) is 12.5. The molecule has 0 unspecified atom stereocenters. The summed E-state index contributed by atoms with van der Waals surface area (Å²) >= 11 is 0. The number of ether oxygens (including phenoxy) is 4. The maximum absolute atomic E-state index is 11.6. The van der Waals surface area contributed by atoms with Crippen molar-refractivity contribution in [3.8, 4) is 40.2 Å². The minimum atomic E-state index is -0.102. The Hall–Kier alpha value is -4.60. The lowest BCUT2D eigenvalue weighted by Gasteiger charge is -2.37. The van der Waals surface area contributed by atoms with Crippen molar-refractivity contribution >= 4 is 0 Å². The molecule has 0 radical (unpaired) electrons. The lowest BCUT2D eigenvalue weighted by Crippen LogP contribution is -2.34. The average molecular weight is 622 g/mol. The summed E-state index contributed by atoms with van der Waals surface area (Å²) in [5, 5.41) is 2.83. The molecule has 4 aliphatic rings. The van der Waals surface area contributed by atoms with Crippen molar-refractivity contribution in [1.29, 1.82) is 0 Å². The van der Waals surface area contributed by atoms with E-state index in [4.69, 9.17) is 23.8 Å². The molecule has 238 valence electrons. The van der Waals surface area contributed by atoms with Gasteiger partial charge in [0.1, 0.15) is 11.5 Å². The zero-order chi connectivity index (χ0) is 31.9. The van der Waals surface area contributed by atoms with Gasteiger partial charge in [-0.25, -0.2) is 0 Å². The third-order valence-corrected chi connectivity index (χ3v) is 9.78. The molecule has 0 spiro atoms. The minimum absolute atomic E-state index is 0.102. The molecular formula is C37H39N3O6. The Kier molecular flexibility index (Phi) is 8.04. The van der Waals surface area contributed by atoms with Crippen LogP contribution in [0.1, 0.15) is 51.0 Å². The van der Waals surface area contributed by atoms with E-state index in [-0.39, 0.29) is 17.8 Å². The number of rotatable bonds is 4. The van der Waals surface area contributed by atoms with Crippen molar-refractivity contribution in [2.24, 2.45) is 5.34 Å². The lowest BCUT2D eigenvalue weighted by atomic mass is 9.87. The van der Waals surface area contributed by atoms with Gasteiger partial charge >= 0.3 is 0 Å². The Morgan fingerprint density at radius 2 is 1.46 bits per heavy atom. The van der Waals surface area contributed by atoms with Crippen LogP contribution in [-0.4, -0.2) is 51.2 Å².